The van der Waals surface area contributed by atoms with Gasteiger partial charge in [-0.05, 0) is 25.7 Å². The van der Waals surface area contributed by atoms with Crippen molar-refractivity contribution in [2.24, 2.45) is 0 Å². The third-order valence-electron chi connectivity index (χ3n) is 4.08. The maximum absolute atomic E-state index is 9.78. The van der Waals surface area contributed by atoms with E-state index in [4.69, 9.17) is 0 Å². The summed E-state index contributed by atoms with van der Waals surface area (Å²) in [6.45, 7) is 4.44. The second kappa shape index (κ2) is 16.8. The Kier molecular flexibility index (Phi) is 16.4. The van der Waals surface area contributed by atoms with Gasteiger partial charge in [0, 0.05) is 0 Å². The van der Waals surface area contributed by atoms with Gasteiger partial charge in [0.25, 0.3) is 0 Å². The van der Waals surface area contributed by atoms with Crippen molar-refractivity contribution in [3.63, 3.8) is 0 Å². The summed E-state index contributed by atoms with van der Waals surface area (Å²) in [5.41, 5.74) is 0. The molecule has 0 spiro atoms. The van der Waals surface area contributed by atoms with Crippen molar-refractivity contribution in [3.8, 4) is 11.8 Å². The van der Waals surface area contributed by atoms with Gasteiger partial charge in [-0.15, -0.1) is 0 Å². The highest BCUT2D eigenvalue weighted by Crippen LogP contribution is 2.10. The van der Waals surface area contributed by atoms with Crippen molar-refractivity contribution < 1.29 is 10.2 Å². The second-order valence-electron chi connectivity index (χ2n) is 6.43. The first-order chi connectivity index (χ1) is 10.7. The first-order valence-corrected chi connectivity index (χ1v) is 9.57. The van der Waals surface area contributed by atoms with Crippen LogP contribution in [0.5, 0.6) is 0 Å². The van der Waals surface area contributed by atoms with Crippen LogP contribution in [0.25, 0.3) is 0 Å². The van der Waals surface area contributed by atoms with Gasteiger partial charge in [-0.25, -0.2) is 0 Å². The fraction of sp³-hybridized carbons (Fsp3) is 0.900. The van der Waals surface area contributed by atoms with Gasteiger partial charge in [-0.2, -0.15) is 0 Å². The lowest BCUT2D eigenvalue weighted by Gasteiger charge is -2.05. The molecule has 0 aromatic heterocycles. The zero-order valence-electron chi connectivity index (χ0n) is 14.9. The fourth-order valence-electron chi connectivity index (χ4n) is 2.57. The monoisotopic (exact) mass is 310 g/mol. The quantitative estimate of drug-likeness (QED) is 0.341. The molecule has 0 bridgehead atoms. The standard InChI is InChI=1S/C20H38O2/c1-3-5-7-9-11-13-15-19(21)17-18-20(22)16-14-12-10-8-6-4-2/h19-22H,3-16H2,1-2H3. The van der Waals surface area contributed by atoms with Crippen molar-refractivity contribution in [2.75, 3.05) is 0 Å². The Hall–Kier alpha value is -0.520. The van der Waals surface area contributed by atoms with Crippen molar-refractivity contribution in [1.82, 2.24) is 0 Å². The molecule has 2 N–H and O–H groups in total. The summed E-state index contributed by atoms with van der Waals surface area (Å²) >= 11 is 0. The molecule has 2 heteroatoms. The Morgan fingerprint density at radius 2 is 0.864 bits per heavy atom. The van der Waals surface area contributed by atoms with Crippen LogP contribution in [0.4, 0.5) is 0 Å². The first kappa shape index (κ1) is 21.5. The highest BCUT2D eigenvalue weighted by molar-refractivity contribution is 5.08. The molecule has 0 saturated heterocycles. The Morgan fingerprint density at radius 3 is 1.23 bits per heavy atom. The molecule has 0 aliphatic heterocycles. The van der Waals surface area contributed by atoms with Crippen LogP contribution in [0.15, 0.2) is 0 Å². The second-order valence-corrected chi connectivity index (χ2v) is 6.43. The predicted octanol–water partition coefficient (Wildman–Crippen LogP) is 5.21. The van der Waals surface area contributed by atoms with Gasteiger partial charge in [-0.1, -0.05) is 89.9 Å². The number of rotatable bonds is 14. The molecule has 2 nitrogen and oxygen atoms in total. The van der Waals surface area contributed by atoms with E-state index < -0.39 is 12.2 Å². The Balaban J connectivity index is 3.52. The minimum absolute atomic E-state index is 0.564. The van der Waals surface area contributed by atoms with Gasteiger partial charge in [-0.3, -0.25) is 0 Å². The van der Waals surface area contributed by atoms with E-state index in [1.54, 1.807) is 0 Å². The van der Waals surface area contributed by atoms with Crippen LogP contribution in [0.2, 0.25) is 0 Å². The lowest BCUT2D eigenvalue weighted by atomic mass is 10.1. The molecule has 2 unspecified atom stereocenters. The molecule has 0 amide bonds. The molecule has 0 heterocycles. The fourth-order valence-corrected chi connectivity index (χ4v) is 2.57. The van der Waals surface area contributed by atoms with E-state index in [0.29, 0.717) is 0 Å². The van der Waals surface area contributed by atoms with Crippen LogP contribution in [0.1, 0.15) is 104 Å². The van der Waals surface area contributed by atoms with Crippen molar-refractivity contribution in [1.29, 1.82) is 0 Å². The summed E-state index contributed by atoms with van der Waals surface area (Å²) in [6, 6.07) is 0. The normalized spacial score (nSPS) is 13.5. The largest absolute Gasteiger partial charge is 0.380 e. The van der Waals surface area contributed by atoms with Crippen LogP contribution in [0, 0.1) is 11.8 Å². The van der Waals surface area contributed by atoms with Crippen LogP contribution < -0.4 is 0 Å². The maximum atomic E-state index is 9.78. The van der Waals surface area contributed by atoms with Gasteiger partial charge in [0.05, 0.1) is 0 Å². The zero-order valence-corrected chi connectivity index (χ0v) is 14.9. The van der Waals surface area contributed by atoms with E-state index in [-0.39, 0.29) is 0 Å². The molecule has 0 aromatic rings. The van der Waals surface area contributed by atoms with Gasteiger partial charge >= 0.3 is 0 Å². The molecule has 0 aromatic carbocycles. The van der Waals surface area contributed by atoms with Gasteiger partial charge in [0.15, 0.2) is 0 Å². The molecule has 0 rings (SSSR count). The molecule has 0 saturated carbocycles. The van der Waals surface area contributed by atoms with E-state index in [1.807, 2.05) is 0 Å². The number of aliphatic hydroxyl groups is 2. The molecule has 0 aliphatic carbocycles. The smallest absolute Gasteiger partial charge is 0.114 e. The summed E-state index contributed by atoms with van der Waals surface area (Å²) in [4.78, 5) is 0. The molecule has 2 atom stereocenters. The minimum atomic E-state index is -0.564. The number of unbranched alkanes of at least 4 members (excludes halogenated alkanes) is 10. The highest BCUT2D eigenvalue weighted by atomic mass is 16.3. The van der Waals surface area contributed by atoms with Crippen LogP contribution in [0.3, 0.4) is 0 Å². The molecule has 0 radical (unpaired) electrons. The lowest BCUT2D eigenvalue weighted by Crippen LogP contribution is -2.07. The SMILES string of the molecule is CCCCCCCCC(O)C#CC(O)CCCCCCCC. The minimum Gasteiger partial charge on any atom is -0.380 e. The van der Waals surface area contributed by atoms with E-state index in [1.165, 1.54) is 64.2 Å². The summed E-state index contributed by atoms with van der Waals surface area (Å²) in [5.74, 6) is 5.60. The zero-order chi connectivity index (χ0) is 16.5. The molecular formula is C20H38O2. The van der Waals surface area contributed by atoms with Crippen molar-refractivity contribution in [3.05, 3.63) is 0 Å². The third-order valence-corrected chi connectivity index (χ3v) is 4.08. The number of aliphatic hydroxyl groups excluding tert-OH is 2. The van der Waals surface area contributed by atoms with Crippen molar-refractivity contribution in [2.45, 2.75) is 116 Å². The predicted molar refractivity (Wildman–Crippen MR) is 95.8 cm³/mol. The summed E-state index contributed by atoms with van der Waals surface area (Å²) < 4.78 is 0. The van der Waals surface area contributed by atoms with E-state index in [0.717, 1.165) is 25.7 Å². The van der Waals surface area contributed by atoms with Gasteiger partial charge in [0.1, 0.15) is 12.2 Å². The molecule has 0 aliphatic rings. The molecule has 22 heavy (non-hydrogen) atoms. The van der Waals surface area contributed by atoms with Crippen molar-refractivity contribution >= 4 is 0 Å². The Morgan fingerprint density at radius 1 is 0.545 bits per heavy atom. The Bertz CT molecular complexity index is 251. The van der Waals surface area contributed by atoms with Crippen LogP contribution in [-0.2, 0) is 0 Å². The molecular weight excluding hydrogens is 272 g/mol. The van der Waals surface area contributed by atoms with Gasteiger partial charge < -0.3 is 10.2 Å². The Labute approximate surface area is 138 Å². The van der Waals surface area contributed by atoms with Gasteiger partial charge in [0.2, 0.25) is 0 Å². The van der Waals surface area contributed by atoms with Crippen LogP contribution in [-0.4, -0.2) is 22.4 Å². The number of hydrogen-bond donors (Lipinski definition) is 2. The van der Waals surface area contributed by atoms with E-state index in [2.05, 4.69) is 25.7 Å². The summed E-state index contributed by atoms with van der Waals surface area (Å²) in [7, 11) is 0. The molecule has 130 valence electrons. The lowest BCUT2D eigenvalue weighted by molar-refractivity contribution is 0.207. The van der Waals surface area contributed by atoms with Crippen LogP contribution >= 0.6 is 0 Å². The average molecular weight is 311 g/mol. The third kappa shape index (κ3) is 15.9. The topological polar surface area (TPSA) is 40.5 Å². The van der Waals surface area contributed by atoms with E-state index >= 15 is 0 Å². The summed E-state index contributed by atoms with van der Waals surface area (Å²) in [6.07, 6.45) is 15.1. The summed E-state index contributed by atoms with van der Waals surface area (Å²) in [5, 5.41) is 19.6. The average Bonchev–Trinajstić information content (AvgIpc) is 2.52. The van der Waals surface area contributed by atoms with E-state index in [9.17, 15) is 10.2 Å². The highest BCUT2D eigenvalue weighted by Gasteiger charge is 2.02. The maximum Gasteiger partial charge on any atom is 0.114 e. The first-order valence-electron chi connectivity index (χ1n) is 9.57. The molecule has 0 fully saturated rings. The number of hydrogen-bond acceptors (Lipinski definition) is 2.